The minimum absolute atomic E-state index is 0.381. The highest BCUT2D eigenvalue weighted by Gasteiger charge is 2.25. The monoisotopic (exact) mass is 312 g/mol. The Kier molecular flexibility index (Phi) is 5.16. The first-order valence-electron chi connectivity index (χ1n) is 8.74. The second kappa shape index (κ2) is 6.58. The molecule has 1 aliphatic rings. The molecule has 0 nitrogen and oxygen atoms in total. The summed E-state index contributed by atoms with van der Waals surface area (Å²) in [5.41, 5.74) is 7.91. The molecule has 120 valence electrons. The van der Waals surface area contributed by atoms with Crippen LogP contribution in [-0.2, 0) is 0 Å². The van der Waals surface area contributed by atoms with Crippen LogP contribution >= 0.6 is 0 Å². The van der Waals surface area contributed by atoms with E-state index in [1.807, 2.05) is 0 Å². The maximum atomic E-state index is 2.41. The fourth-order valence-electron chi connectivity index (χ4n) is 3.93. The Morgan fingerprint density at radius 1 is 0.909 bits per heavy atom. The zero-order chi connectivity index (χ0) is 16.6. The van der Waals surface area contributed by atoms with Gasteiger partial charge in [-0.3, -0.25) is 0 Å². The lowest BCUT2D eigenvalue weighted by atomic mass is 9.91. The van der Waals surface area contributed by atoms with Gasteiger partial charge in [0.1, 0.15) is 0 Å². The maximum Gasteiger partial charge on any atom is 0.0839 e. The van der Waals surface area contributed by atoms with Crippen molar-refractivity contribution in [3.8, 4) is 0 Å². The first-order chi connectivity index (χ1) is 10.3. The summed E-state index contributed by atoms with van der Waals surface area (Å²) in [6.07, 6.45) is 0. The lowest BCUT2D eigenvalue weighted by molar-refractivity contribution is 0.795. The van der Waals surface area contributed by atoms with Gasteiger partial charge in [-0.25, -0.2) is 0 Å². The Morgan fingerprint density at radius 3 is 2.00 bits per heavy atom. The second-order valence-electron chi connectivity index (χ2n) is 7.59. The number of allylic oxidation sites excluding steroid dienone is 4. The van der Waals surface area contributed by atoms with Gasteiger partial charge in [-0.05, 0) is 55.2 Å². The van der Waals surface area contributed by atoms with Crippen LogP contribution in [0, 0.1) is 5.92 Å². The molecular formula is C21H32Si. The van der Waals surface area contributed by atoms with E-state index < -0.39 is 0 Å². The molecule has 1 aromatic carbocycles. The van der Waals surface area contributed by atoms with E-state index in [9.17, 15) is 0 Å². The highest BCUT2D eigenvalue weighted by atomic mass is 28.2. The van der Waals surface area contributed by atoms with Gasteiger partial charge in [0.25, 0.3) is 0 Å². The van der Waals surface area contributed by atoms with Crippen molar-refractivity contribution in [2.75, 3.05) is 0 Å². The molecule has 1 atom stereocenters. The molecule has 0 spiro atoms. The van der Waals surface area contributed by atoms with Crippen LogP contribution in [0.5, 0.6) is 0 Å². The average molecular weight is 313 g/mol. The Balaban J connectivity index is 2.46. The van der Waals surface area contributed by atoms with Crippen LogP contribution in [0.2, 0.25) is 0 Å². The molecule has 1 aromatic rings. The van der Waals surface area contributed by atoms with Crippen molar-refractivity contribution in [3.63, 3.8) is 0 Å². The molecule has 0 aliphatic heterocycles. The lowest BCUT2D eigenvalue weighted by Gasteiger charge is -2.22. The summed E-state index contributed by atoms with van der Waals surface area (Å²) in [5.74, 6) is 1.90. The van der Waals surface area contributed by atoms with Crippen molar-refractivity contribution < 1.29 is 0 Å². The number of rotatable bonds is 4. The molecule has 22 heavy (non-hydrogen) atoms. The fraction of sp³-hybridized carbons (Fsp3) is 0.524. The quantitative estimate of drug-likeness (QED) is 0.687. The van der Waals surface area contributed by atoms with Gasteiger partial charge in [-0.15, -0.1) is 0 Å². The molecular weight excluding hydrogens is 280 g/mol. The zero-order valence-corrected chi connectivity index (χ0v) is 17.1. The van der Waals surface area contributed by atoms with Crippen molar-refractivity contribution >= 4 is 14.7 Å². The molecule has 0 heterocycles. The van der Waals surface area contributed by atoms with Gasteiger partial charge < -0.3 is 0 Å². The van der Waals surface area contributed by atoms with Crippen LogP contribution in [0.4, 0.5) is 0 Å². The topological polar surface area (TPSA) is 0 Å². The summed E-state index contributed by atoms with van der Waals surface area (Å²) < 4.78 is 0. The van der Waals surface area contributed by atoms with Crippen LogP contribution in [-0.4, -0.2) is 9.52 Å². The van der Waals surface area contributed by atoms with Crippen LogP contribution in [0.25, 0.3) is 0 Å². The van der Waals surface area contributed by atoms with Gasteiger partial charge in [0.05, 0.1) is 9.52 Å². The first kappa shape index (κ1) is 17.3. The predicted molar refractivity (Wildman–Crippen MR) is 103 cm³/mol. The van der Waals surface area contributed by atoms with E-state index in [-0.39, 0.29) is 9.52 Å². The molecule has 0 fully saturated rings. The van der Waals surface area contributed by atoms with Crippen molar-refractivity contribution in [2.24, 2.45) is 5.92 Å². The third kappa shape index (κ3) is 3.01. The van der Waals surface area contributed by atoms with E-state index in [2.05, 4.69) is 73.6 Å². The Bertz CT molecular complexity index is 629. The lowest BCUT2D eigenvalue weighted by Crippen LogP contribution is -2.26. The van der Waals surface area contributed by atoms with E-state index in [0.717, 1.165) is 0 Å². The normalized spacial score (nSPS) is 19.6. The minimum atomic E-state index is -0.381. The van der Waals surface area contributed by atoms with Gasteiger partial charge in [-0.1, -0.05) is 74.3 Å². The minimum Gasteiger partial charge on any atom is -0.0728 e. The summed E-state index contributed by atoms with van der Waals surface area (Å²) in [4.78, 5) is 0. The van der Waals surface area contributed by atoms with Crippen molar-refractivity contribution in [1.29, 1.82) is 0 Å². The summed E-state index contributed by atoms with van der Waals surface area (Å²) in [6, 6.07) is 7.03. The smallest absolute Gasteiger partial charge is 0.0728 e. The van der Waals surface area contributed by atoms with Gasteiger partial charge in [0.15, 0.2) is 0 Å². The Morgan fingerprint density at radius 2 is 1.55 bits per heavy atom. The molecule has 0 bridgehead atoms. The molecule has 2 rings (SSSR count). The van der Waals surface area contributed by atoms with Crippen LogP contribution < -0.4 is 5.19 Å². The van der Waals surface area contributed by atoms with Crippen LogP contribution in [0.1, 0.15) is 78.4 Å². The van der Waals surface area contributed by atoms with E-state index in [0.29, 0.717) is 17.8 Å². The first-order valence-corrected chi connectivity index (χ1v) is 10.2. The van der Waals surface area contributed by atoms with E-state index in [1.54, 1.807) is 38.2 Å². The van der Waals surface area contributed by atoms with Crippen molar-refractivity contribution in [3.05, 3.63) is 51.2 Å². The van der Waals surface area contributed by atoms with E-state index >= 15 is 0 Å². The largest absolute Gasteiger partial charge is 0.0839 e. The standard InChI is InChI=1S/C21H32Si/c1-12(2)18-10-9-11-19(20(18)13(3)4)22-21-16(7)14(5)15(6)17(21)8/h9-13,16H,22H2,1-8H3. The number of hydrogen-bond acceptors (Lipinski definition) is 0. The average Bonchev–Trinajstić information content (AvgIpc) is 2.64. The fourth-order valence-corrected chi connectivity index (χ4v) is 6.54. The Labute approximate surface area is 139 Å². The van der Waals surface area contributed by atoms with Gasteiger partial charge in [-0.2, -0.15) is 0 Å². The van der Waals surface area contributed by atoms with Crippen molar-refractivity contribution in [2.45, 2.75) is 67.2 Å². The van der Waals surface area contributed by atoms with Crippen LogP contribution in [0.3, 0.4) is 0 Å². The molecule has 0 saturated heterocycles. The molecule has 0 radical (unpaired) electrons. The summed E-state index contributed by atoms with van der Waals surface area (Å²) in [5, 5.41) is 3.43. The maximum absolute atomic E-state index is 2.41. The van der Waals surface area contributed by atoms with E-state index in [1.165, 1.54) is 0 Å². The molecule has 1 aliphatic carbocycles. The molecule has 1 unspecified atom stereocenters. The highest BCUT2D eigenvalue weighted by Crippen LogP contribution is 2.36. The van der Waals surface area contributed by atoms with Gasteiger partial charge in [0.2, 0.25) is 0 Å². The number of hydrogen-bond donors (Lipinski definition) is 0. The second-order valence-corrected chi connectivity index (χ2v) is 9.46. The van der Waals surface area contributed by atoms with Gasteiger partial charge >= 0.3 is 0 Å². The molecule has 0 saturated carbocycles. The zero-order valence-electron chi connectivity index (χ0n) is 15.7. The predicted octanol–water partition coefficient (Wildman–Crippen LogP) is 4.99. The molecule has 0 amide bonds. The molecule has 0 N–H and O–H groups in total. The third-order valence-electron chi connectivity index (χ3n) is 5.62. The third-order valence-corrected chi connectivity index (χ3v) is 8.14. The SMILES string of the molecule is CC1=C(C)C(C)C([SiH2]c2cccc(C(C)C)c2C(C)C)=C1C. The van der Waals surface area contributed by atoms with E-state index in [4.69, 9.17) is 0 Å². The van der Waals surface area contributed by atoms with Gasteiger partial charge in [0, 0.05) is 0 Å². The van der Waals surface area contributed by atoms with Crippen molar-refractivity contribution in [1.82, 2.24) is 0 Å². The molecule has 1 heteroatoms. The molecule has 0 aromatic heterocycles. The number of benzene rings is 1. The Hall–Kier alpha value is -1.08. The summed E-state index contributed by atoms with van der Waals surface area (Å²) in [6.45, 7) is 18.7. The highest BCUT2D eigenvalue weighted by molar-refractivity contribution is 6.62. The summed E-state index contributed by atoms with van der Waals surface area (Å²) >= 11 is 0. The summed E-state index contributed by atoms with van der Waals surface area (Å²) in [7, 11) is -0.381. The van der Waals surface area contributed by atoms with Crippen LogP contribution in [0.15, 0.2) is 40.1 Å².